The molecule has 0 aliphatic heterocycles. The van der Waals surface area contributed by atoms with Crippen LogP contribution in [0.15, 0.2) is 0 Å². The quantitative estimate of drug-likeness (QED) is 0.391. The van der Waals surface area contributed by atoms with Gasteiger partial charge >= 0.3 is 5.97 Å². The summed E-state index contributed by atoms with van der Waals surface area (Å²) in [5, 5.41) is 10.3. The highest BCUT2D eigenvalue weighted by Gasteiger charge is 2.34. The first-order valence-electron chi connectivity index (χ1n) is 5.64. The highest BCUT2D eigenvalue weighted by molar-refractivity contribution is 8.03. The maximum Gasteiger partial charge on any atom is 0.311 e. The third kappa shape index (κ3) is 4.89. The summed E-state index contributed by atoms with van der Waals surface area (Å²) >= 11 is 1.19. The van der Waals surface area contributed by atoms with Crippen LogP contribution in [0, 0.1) is 22.0 Å². The first kappa shape index (κ1) is 15.3. The minimum absolute atomic E-state index is 0.135. The van der Waals surface area contributed by atoms with Crippen LogP contribution in [0.5, 0.6) is 0 Å². The van der Waals surface area contributed by atoms with Crippen LogP contribution in [-0.2, 0) is 9.53 Å². The number of thioether (sulfide) groups is 1. The summed E-state index contributed by atoms with van der Waals surface area (Å²) in [5.41, 5.74) is -0.420. The fourth-order valence-electron chi connectivity index (χ4n) is 1.24. The second-order valence-electron chi connectivity index (χ2n) is 4.46. The number of thiocyanates is 1. The van der Waals surface area contributed by atoms with Gasteiger partial charge in [0.25, 0.3) is 0 Å². The van der Waals surface area contributed by atoms with Crippen molar-refractivity contribution in [3.8, 4) is 5.40 Å². The highest BCUT2D eigenvalue weighted by Crippen LogP contribution is 2.30. The fraction of sp³-hybridized carbons (Fsp3) is 0.833. The molecule has 0 aliphatic rings. The summed E-state index contributed by atoms with van der Waals surface area (Å²) in [5.74, 6) is 0.894. The van der Waals surface area contributed by atoms with E-state index < -0.39 is 5.41 Å². The molecule has 0 amide bonds. The van der Waals surface area contributed by atoms with Crippen LogP contribution in [0.1, 0.15) is 40.5 Å². The molecule has 4 heteroatoms. The van der Waals surface area contributed by atoms with E-state index >= 15 is 0 Å². The molecular formula is C12H21NO2S. The van der Waals surface area contributed by atoms with Crippen LogP contribution in [-0.4, -0.2) is 18.3 Å². The molecular weight excluding hydrogens is 222 g/mol. The van der Waals surface area contributed by atoms with Gasteiger partial charge in [-0.05, 0) is 37.9 Å². The Morgan fingerprint density at radius 1 is 1.56 bits per heavy atom. The zero-order chi connectivity index (χ0) is 12.6. The van der Waals surface area contributed by atoms with Crippen molar-refractivity contribution < 1.29 is 9.53 Å². The Labute approximate surface area is 103 Å². The average molecular weight is 243 g/mol. The molecule has 0 spiro atoms. The topological polar surface area (TPSA) is 50.1 Å². The van der Waals surface area contributed by atoms with E-state index in [1.54, 1.807) is 0 Å². The molecule has 0 aromatic rings. The van der Waals surface area contributed by atoms with Gasteiger partial charge in [-0.3, -0.25) is 4.79 Å². The molecule has 0 heterocycles. The van der Waals surface area contributed by atoms with Crippen molar-refractivity contribution in [2.24, 2.45) is 11.3 Å². The zero-order valence-electron chi connectivity index (χ0n) is 10.6. The van der Waals surface area contributed by atoms with Gasteiger partial charge in [0, 0.05) is 5.75 Å². The summed E-state index contributed by atoms with van der Waals surface area (Å²) in [6, 6.07) is 0. The Hall–Kier alpha value is -0.690. The third-order valence-corrected chi connectivity index (χ3v) is 3.68. The van der Waals surface area contributed by atoms with Crippen molar-refractivity contribution in [2.45, 2.75) is 40.5 Å². The van der Waals surface area contributed by atoms with Gasteiger partial charge in [-0.15, -0.1) is 0 Å². The van der Waals surface area contributed by atoms with Gasteiger partial charge in [0.2, 0.25) is 0 Å². The minimum Gasteiger partial charge on any atom is -0.465 e. The summed E-state index contributed by atoms with van der Waals surface area (Å²) in [4.78, 5) is 11.8. The van der Waals surface area contributed by atoms with Crippen LogP contribution in [0.4, 0.5) is 0 Å². The SMILES string of the molecule is CCC(C)C(C)(C)C(=O)OCCCSC#N. The number of carbonyl (C=O) groups is 1. The Morgan fingerprint density at radius 2 is 2.19 bits per heavy atom. The second kappa shape index (κ2) is 7.56. The Morgan fingerprint density at radius 3 is 2.69 bits per heavy atom. The largest absolute Gasteiger partial charge is 0.465 e. The van der Waals surface area contributed by atoms with E-state index in [4.69, 9.17) is 10.00 Å². The van der Waals surface area contributed by atoms with Crippen molar-refractivity contribution in [2.75, 3.05) is 12.4 Å². The first-order chi connectivity index (χ1) is 7.46. The molecule has 0 radical (unpaired) electrons. The van der Waals surface area contributed by atoms with Gasteiger partial charge in [-0.25, -0.2) is 0 Å². The van der Waals surface area contributed by atoms with Crippen LogP contribution in [0.3, 0.4) is 0 Å². The number of esters is 1. The second-order valence-corrected chi connectivity index (χ2v) is 5.34. The zero-order valence-corrected chi connectivity index (χ0v) is 11.4. The number of carbonyl (C=O) groups excluding carboxylic acids is 1. The van der Waals surface area contributed by atoms with Gasteiger partial charge in [0.05, 0.1) is 12.0 Å². The molecule has 0 aromatic heterocycles. The average Bonchev–Trinajstić information content (AvgIpc) is 2.27. The van der Waals surface area contributed by atoms with E-state index in [-0.39, 0.29) is 5.97 Å². The number of ether oxygens (including phenoxy) is 1. The molecule has 0 aliphatic carbocycles. The molecule has 0 rings (SSSR count). The first-order valence-corrected chi connectivity index (χ1v) is 6.63. The Bertz CT molecular complexity index is 258. The predicted octanol–water partition coefficient (Wildman–Crippen LogP) is 3.21. The van der Waals surface area contributed by atoms with Crippen molar-refractivity contribution in [3.63, 3.8) is 0 Å². The maximum atomic E-state index is 11.8. The molecule has 1 atom stereocenters. The molecule has 0 bridgehead atoms. The number of nitrogens with zero attached hydrogens (tertiary/aromatic N) is 1. The molecule has 0 fully saturated rings. The molecule has 0 saturated carbocycles. The van der Waals surface area contributed by atoms with Crippen molar-refractivity contribution in [3.05, 3.63) is 0 Å². The maximum absolute atomic E-state index is 11.8. The summed E-state index contributed by atoms with van der Waals surface area (Å²) < 4.78 is 5.21. The lowest BCUT2D eigenvalue weighted by molar-refractivity contribution is -0.156. The van der Waals surface area contributed by atoms with E-state index in [0.717, 1.165) is 12.8 Å². The summed E-state index contributed by atoms with van der Waals surface area (Å²) in [6.45, 7) is 8.39. The summed E-state index contributed by atoms with van der Waals surface area (Å²) in [7, 11) is 0. The fourth-order valence-corrected chi connectivity index (χ4v) is 1.59. The monoisotopic (exact) mass is 243 g/mol. The molecule has 0 saturated heterocycles. The van der Waals surface area contributed by atoms with E-state index in [9.17, 15) is 4.79 Å². The predicted molar refractivity (Wildman–Crippen MR) is 66.9 cm³/mol. The van der Waals surface area contributed by atoms with Crippen molar-refractivity contribution in [1.29, 1.82) is 5.26 Å². The lowest BCUT2D eigenvalue weighted by atomic mass is 9.78. The lowest BCUT2D eigenvalue weighted by Crippen LogP contribution is -2.33. The van der Waals surface area contributed by atoms with Crippen LogP contribution in [0.25, 0.3) is 0 Å². The molecule has 16 heavy (non-hydrogen) atoms. The van der Waals surface area contributed by atoms with E-state index in [1.165, 1.54) is 11.8 Å². The molecule has 92 valence electrons. The normalized spacial score (nSPS) is 12.9. The number of rotatable bonds is 7. The third-order valence-electron chi connectivity index (χ3n) is 3.06. The van der Waals surface area contributed by atoms with Crippen LogP contribution >= 0.6 is 11.8 Å². The van der Waals surface area contributed by atoms with E-state index in [2.05, 4.69) is 13.8 Å². The minimum atomic E-state index is -0.420. The smallest absolute Gasteiger partial charge is 0.311 e. The van der Waals surface area contributed by atoms with Gasteiger partial charge < -0.3 is 4.74 Å². The number of hydrogen-bond donors (Lipinski definition) is 0. The number of hydrogen-bond acceptors (Lipinski definition) is 4. The standard InChI is InChI=1S/C12H21NO2S/c1-5-10(2)12(3,4)11(14)15-7-6-8-16-9-13/h10H,5-8H2,1-4H3. The van der Waals surface area contributed by atoms with Crippen molar-refractivity contribution in [1.82, 2.24) is 0 Å². The van der Waals surface area contributed by atoms with Gasteiger partial charge in [0.1, 0.15) is 5.40 Å². The molecule has 0 aromatic carbocycles. The molecule has 1 unspecified atom stereocenters. The van der Waals surface area contributed by atoms with Gasteiger partial charge in [-0.1, -0.05) is 20.3 Å². The lowest BCUT2D eigenvalue weighted by Gasteiger charge is -2.28. The van der Waals surface area contributed by atoms with Crippen molar-refractivity contribution >= 4 is 17.7 Å². The van der Waals surface area contributed by atoms with Crippen LogP contribution in [0.2, 0.25) is 0 Å². The molecule has 3 nitrogen and oxygen atoms in total. The molecule has 0 N–H and O–H groups in total. The Kier molecular flexibility index (Phi) is 7.24. The van der Waals surface area contributed by atoms with E-state index in [1.807, 2.05) is 19.2 Å². The van der Waals surface area contributed by atoms with E-state index in [0.29, 0.717) is 18.3 Å². The van der Waals surface area contributed by atoms with Gasteiger partial charge in [-0.2, -0.15) is 5.26 Å². The Balaban J connectivity index is 3.92. The highest BCUT2D eigenvalue weighted by atomic mass is 32.2. The summed E-state index contributed by atoms with van der Waals surface area (Å²) in [6.07, 6.45) is 1.70. The van der Waals surface area contributed by atoms with Gasteiger partial charge in [0.15, 0.2) is 0 Å². The number of nitriles is 1. The van der Waals surface area contributed by atoms with Crippen LogP contribution < -0.4 is 0 Å².